The van der Waals surface area contributed by atoms with E-state index >= 15 is 0 Å². The van der Waals surface area contributed by atoms with E-state index in [2.05, 4.69) is 26.5 Å². The highest BCUT2D eigenvalue weighted by Crippen LogP contribution is 2.01. The van der Waals surface area contributed by atoms with Gasteiger partial charge in [-0.2, -0.15) is 0 Å². The molecule has 0 saturated heterocycles. The summed E-state index contributed by atoms with van der Waals surface area (Å²) in [5, 5.41) is 7.28. The van der Waals surface area contributed by atoms with E-state index in [4.69, 9.17) is 5.41 Å². The molecule has 0 aromatic carbocycles. The van der Waals surface area contributed by atoms with Gasteiger partial charge in [0.2, 0.25) is 0 Å². The van der Waals surface area contributed by atoms with Crippen molar-refractivity contribution in [3.8, 4) is 0 Å². The molecule has 0 fully saturated rings. The van der Waals surface area contributed by atoms with Gasteiger partial charge in [-0.05, 0) is 39.2 Å². The monoisotopic (exact) mass is 151 g/mol. The molecule has 1 heteroatoms. The number of allylic oxidation sites excluding steroid dienone is 3. The first-order valence-corrected chi connectivity index (χ1v) is 4.00. The maximum absolute atomic E-state index is 7.28. The van der Waals surface area contributed by atoms with E-state index in [1.807, 2.05) is 0 Å². The highest BCUT2D eigenvalue weighted by Gasteiger charge is 1.88. The molecular weight excluding hydrogens is 134 g/mol. The Morgan fingerprint density at radius 2 is 2.09 bits per heavy atom. The van der Waals surface area contributed by atoms with E-state index in [9.17, 15) is 0 Å². The Kier molecular flexibility index (Phi) is 5.44. The topological polar surface area (TPSA) is 23.9 Å². The van der Waals surface area contributed by atoms with Crippen LogP contribution in [0.1, 0.15) is 33.1 Å². The fourth-order valence-corrected chi connectivity index (χ4v) is 0.785. The molecule has 0 unspecified atom stereocenters. The van der Waals surface area contributed by atoms with E-state index in [1.54, 1.807) is 6.08 Å². The average Bonchev–Trinajstić information content (AvgIpc) is 1.97. The molecule has 0 aromatic rings. The van der Waals surface area contributed by atoms with E-state index in [0.717, 1.165) is 19.3 Å². The van der Waals surface area contributed by atoms with Gasteiger partial charge in [0.1, 0.15) is 0 Å². The van der Waals surface area contributed by atoms with Crippen LogP contribution in [0.2, 0.25) is 0 Å². The van der Waals surface area contributed by atoms with Crippen LogP contribution >= 0.6 is 0 Å². The summed E-state index contributed by atoms with van der Waals surface area (Å²) in [6.07, 6.45) is 6.82. The lowest BCUT2D eigenvalue weighted by Gasteiger charge is -1.95. The molecule has 11 heavy (non-hydrogen) atoms. The fourth-order valence-electron chi connectivity index (χ4n) is 0.785. The first-order valence-electron chi connectivity index (χ1n) is 4.00. The molecule has 0 aliphatic carbocycles. The van der Waals surface area contributed by atoms with Gasteiger partial charge in [0, 0.05) is 5.71 Å². The van der Waals surface area contributed by atoms with Crippen LogP contribution in [-0.2, 0) is 0 Å². The van der Waals surface area contributed by atoms with Crippen molar-refractivity contribution in [2.24, 2.45) is 0 Å². The van der Waals surface area contributed by atoms with Crippen molar-refractivity contribution in [2.75, 3.05) is 0 Å². The van der Waals surface area contributed by atoms with E-state index < -0.39 is 0 Å². The third-order valence-electron chi connectivity index (χ3n) is 1.45. The largest absolute Gasteiger partial charge is 0.305 e. The standard InChI is InChI=1S/C10H17N/c1-4-10(11)8-6-5-7-9(2)3/h4,7,11H,1,5-6,8H2,2-3H3. The summed E-state index contributed by atoms with van der Waals surface area (Å²) in [5.74, 6) is 0. The molecule has 0 bridgehead atoms. The third-order valence-corrected chi connectivity index (χ3v) is 1.45. The number of nitrogens with one attached hydrogen (secondary N) is 1. The Morgan fingerprint density at radius 1 is 1.45 bits per heavy atom. The third kappa shape index (κ3) is 7.04. The van der Waals surface area contributed by atoms with Crippen LogP contribution in [-0.4, -0.2) is 5.71 Å². The first-order chi connectivity index (χ1) is 5.16. The van der Waals surface area contributed by atoms with Crippen LogP contribution in [0.25, 0.3) is 0 Å². The highest BCUT2D eigenvalue weighted by molar-refractivity contribution is 5.91. The molecule has 0 aliphatic heterocycles. The Bertz CT molecular complexity index is 162. The van der Waals surface area contributed by atoms with Gasteiger partial charge in [-0.15, -0.1) is 0 Å². The quantitative estimate of drug-likeness (QED) is 0.354. The minimum atomic E-state index is 0.646. The minimum Gasteiger partial charge on any atom is -0.305 e. The molecule has 1 N–H and O–H groups in total. The van der Waals surface area contributed by atoms with Gasteiger partial charge in [0.05, 0.1) is 0 Å². The van der Waals surface area contributed by atoms with E-state index in [0.29, 0.717) is 5.71 Å². The van der Waals surface area contributed by atoms with Crippen LogP contribution in [0.3, 0.4) is 0 Å². The lowest BCUT2D eigenvalue weighted by Crippen LogP contribution is -1.88. The van der Waals surface area contributed by atoms with Crippen molar-refractivity contribution in [3.63, 3.8) is 0 Å². The van der Waals surface area contributed by atoms with Crippen LogP contribution < -0.4 is 0 Å². The van der Waals surface area contributed by atoms with Gasteiger partial charge >= 0.3 is 0 Å². The zero-order chi connectivity index (χ0) is 8.69. The first kappa shape index (κ1) is 10.2. The van der Waals surface area contributed by atoms with Crippen LogP contribution in [0, 0.1) is 5.41 Å². The van der Waals surface area contributed by atoms with Gasteiger partial charge in [-0.3, -0.25) is 0 Å². The molecule has 0 rings (SSSR count). The van der Waals surface area contributed by atoms with Gasteiger partial charge < -0.3 is 5.41 Å². The van der Waals surface area contributed by atoms with E-state index in [1.165, 1.54) is 5.57 Å². The fraction of sp³-hybridized carbons (Fsp3) is 0.500. The molecule has 0 aliphatic rings. The van der Waals surface area contributed by atoms with Gasteiger partial charge in [0.15, 0.2) is 0 Å². The number of unbranched alkanes of at least 4 members (excludes halogenated alkanes) is 1. The summed E-state index contributed by atoms with van der Waals surface area (Å²) in [7, 11) is 0. The second kappa shape index (κ2) is 5.90. The SMILES string of the molecule is C=CC(=N)CCCC=C(C)C. The molecular formula is C10H17N. The highest BCUT2D eigenvalue weighted by atomic mass is 14.4. The van der Waals surface area contributed by atoms with Crippen molar-refractivity contribution in [1.82, 2.24) is 0 Å². The lowest BCUT2D eigenvalue weighted by atomic mass is 10.1. The van der Waals surface area contributed by atoms with E-state index in [-0.39, 0.29) is 0 Å². The molecule has 0 aromatic heterocycles. The number of hydrogen-bond acceptors (Lipinski definition) is 1. The van der Waals surface area contributed by atoms with Crippen molar-refractivity contribution in [3.05, 3.63) is 24.3 Å². The zero-order valence-electron chi connectivity index (χ0n) is 7.48. The zero-order valence-corrected chi connectivity index (χ0v) is 7.48. The number of rotatable bonds is 5. The summed E-state index contributed by atoms with van der Waals surface area (Å²) in [5.41, 5.74) is 2.00. The van der Waals surface area contributed by atoms with Crippen molar-refractivity contribution in [1.29, 1.82) is 5.41 Å². The predicted octanol–water partition coefficient (Wildman–Crippen LogP) is 3.33. The van der Waals surface area contributed by atoms with Gasteiger partial charge in [-0.1, -0.05) is 18.2 Å². The maximum atomic E-state index is 7.28. The Hall–Kier alpha value is -0.850. The molecule has 0 heterocycles. The summed E-state index contributed by atoms with van der Waals surface area (Å²) in [4.78, 5) is 0. The second-order valence-corrected chi connectivity index (χ2v) is 2.90. The molecule has 1 nitrogen and oxygen atoms in total. The van der Waals surface area contributed by atoms with Gasteiger partial charge in [-0.25, -0.2) is 0 Å². The second-order valence-electron chi connectivity index (χ2n) is 2.90. The summed E-state index contributed by atoms with van der Waals surface area (Å²) in [6, 6.07) is 0. The molecule has 0 atom stereocenters. The van der Waals surface area contributed by atoms with Crippen molar-refractivity contribution < 1.29 is 0 Å². The normalized spacial score (nSPS) is 8.91. The molecule has 0 radical (unpaired) electrons. The molecule has 62 valence electrons. The van der Waals surface area contributed by atoms with Gasteiger partial charge in [0.25, 0.3) is 0 Å². The van der Waals surface area contributed by atoms with Crippen LogP contribution in [0.4, 0.5) is 0 Å². The smallest absolute Gasteiger partial charge is 0.0308 e. The minimum absolute atomic E-state index is 0.646. The lowest BCUT2D eigenvalue weighted by molar-refractivity contribution is 0.885. The Morgan fingerprint density at radius 3 is 2.55 bits per heavy atom. The van der Waals surface area contributed by atoms with Crippen LogP contribution in [0.5, 0.6) is 0 Å². The summed E-state index contributed by atoms with van der Waals surface area (Å²) < 4.78 is 0. The molecule has 0 amide bonds. The maximum Gasteiger partial charge on any atom is 0.0308 e. The Balaban J connectivity index is 3.35. The Labute approximate surface area is 69.3 Å². The summed E-state index contributed by atoms with van der Waals surface area (Å²) >= 11 is 0. The number of hydrogen-bond donors (Lipinski definition) is 1. The average molecular weight is 151 g/mol. The predicted molar refractivity (Wildman–Crippen MR) is 51.2 cm³/mol. The molecule has 0 saturated carbocycles. The van der Waals surface area contributed by atoms with Crippen molar-refractivity contribution >= 4 is 5.71 Å². The van der Waals surface area contributed by atoms with Crippen molar-refractivity contribution in [2.45, 2.75) is 33.1 Å². The molecule has 0 spiro atoms. The summed E-state index contributed by atoms with van der Waals surface area (Å²) in [6.45, 7) is 7.73. The van der Waals surface area contributed by atoms with Crippen LogP contribution in [0.15, 0.2) is 24.3 Å².